The second-order valence-corrected chi connectivity index (χ2v) is 9.10. The zero-order valence-corrected chi connectivity index (χ0v) is 20.6. The molecule has 8 heteroatoms. The number of carbonyl (C=O) groups excluding carboxylic acids is 1. The average Bonchev–Trinajstić information content (AvgIpc) is 2.90. The van der Waals surface area contributed by atoms with Gasteiger partial charge in [0, 0.05) is 47.4 Å². The molecule has 0 aliphatic carbocycles. The molecular weight excluding hydrogens is 466 g/mol. The number of anilines is 3. The smallest absolute Gasteiger partial charge is 0.251 e. The average molecular weight is 496 g/mol. The molecule has 0 fully saturated rings. The van der Waals surface area contributed by atoms with Crippen molar-refractivity contribution in [3.63, 3.8) is 0 Å². The third-order valence-corrected chi connectivity index (χ3v) is 6.12. The third kappa shape index (κ3) is 6.05. The highest BCUT2D eigenvalue weighted by Gasteiger charge is 2.14. The van der Waals surface area contributed by atoms with E-state index >= 15 is 0 Å². The number of fused-ring (bicyclic) bond motifs is 9. The van der Waals surface area contributed by atoms with Crippen LogP contribution < -0.4 is 21.1 Å². The summed E-state index contributed by atoms with van der Waals surface area (Å²) in [5.74, 6) is 1.98. The first-order chi connectivity index (χ1) is 18.0. The van der Waals surface area contributed by atoms with E-state index in [2.05, 4.69) is 27.5 Å². The van der Waals surface area contributed by atoms with E-state index in [9.17, 15) is 4.79 Å². The molecule has 3 aromatic carbocycles. The van der Waals surface area contributed by atoms with Crippen molar-refractivity contribution in [2.24, 2.45) is 5.92 Å². The first-order valence-corrected chi connectivity index (χ1v) is 12.3. The van der Waals surface area contributed by atoms with Gasteiger partial charge in [-0.3, -0.25) is 4.79 Å². The maximum atomic E-state index is 12.6. The summed E-state index contributed by atoms with van der Waals surface area (Å²) in [5.41, 5.74) is 10.4. The zero-order chi connectivity index (χ0) is 25.6. The van der Waals surface area contributed by atoms with Crippen LogP contribution in [0.5, 0.6) is 11.5 Å². The zero-order valence-electron chi connectivity index (χ0n) is 20.6. The van der Waals surface area contributed by atoms with Crippen molar-refractivity contribution in [3.05, 3.63) is 90.1 Å². The normalized spacial score (nSPS) is 16.0. The number of carbonyl (C=O) groups is 1. The Bertz CT molecular complexity index is 1390. The molecule has 37 heavy (non-hydrogen) atoms. The second kappa shape index (κ2) is 11.1. The summed E-state index contributed by atoms with van der Waals surface area (Å²) in [7, 11) is 0. The molecule has 8 nitrogen and oxygen atoms in total. The lowest BCUT2D eigenvalue weighted by Gasteiger charge is -2.16. The summed E-state index contributed by atoms with van der Waals surface area (Å²) in [6, 6.07) is 22.5. The maximum absolute atomic E-state index is 12.6. The van der Waals surface area contributed by atoms with Crippen LogP contribution in [0.2, 0.25) is 0 Å². The van der Waals surface area contributed by atoms with Gasteiger partial charge in [-0.1, -0.05) is 25.1 Å². The number of nitrogens with one attached hydrogen (secondary N) is 2. The van der Waals surface area contributed by atoms with Crippen molar-refractivity contribution in [3.8, 4) is 22.8 Å². The molecule has 0 saturated heterocycles. The van der Waals surface area contributed by atoms with Crippen molar-refractivity contribution >= 4 is 23.2 Å². The van der Waals surface area contributed by atoms with Gasteiger partial charge in [0.05, 0.1) is 12.3 Å². The maximum Gasteiger partial charge on any atom is 0.251 e. The fourth-order valence-corrected chi connectivity index (χ4v) is 4.11. The van der Waals surface area contributed by atoms with E-state index in [4.69, 9.17) is 15.2 Å². The molecule has 0 spiro atoms. The minimum absolute atomic E-state index is 0.159. The molecule has 4 aromatic rings. The number of ether oxygens (including phenoxy) is 2. The van der Waals surface area contributed by atoms with Gasteiger partial charge in [-0.15, -0.1) is 0 Å². The summed E-state index contributed by atoms with van der Waals surface area (Å²) >= 11 is 0. The number of nitrogens with two attached hydrogens (primary N) is 1. The molecule has 1 aromatic heterocycles. The van der Waals surface area contributed by atoms with Crippen LogP contribution in [-0.2, 0) is 11.3 Å². The molecule has 188 valence electrons. The number of aromatic nitrogens is 2. The fourth-order valence-electron chi connectivity index (χ4n) is 4.11. The quantitative estimate of drug-likeness (QED) is 0.313. The molecule has 2 aliphatic heterocycles. The largest absolute Gasteiger partial charge is 0.457 e. The number of hydrogen-bond donors (Lipinski definition) is 3. The number of rotatable bonds is 2. The van der Waals surface area contributed by atoms with Crippen LogP contribution >= 0.6 is 0 Å². The van der Waals surface area contributed by atoms with Gasteiger partial charge in [-0.05, 0) is 66.9 Å². The standard InChI is InChI=1S/C29H29N5O3/c1-19-11-13-31-28(35)20-7-9-24(25(30)16-20)26-12-14-32-29(34-26)33-22-8-10-27(21(15-22)18-36-17-19)37-23-5-3-2-4-6-23/h2-10,12,14-16,19H,11,13,17-18,30H2,1H3,(H,31,35)(H,32,33,34). The summed E-state index contributed by atoms with van der Waals surface area (Å²) in [6.07, 6.45) is 2.46. The number of benzene rings is 3. The van der Waals surface area contributed by atoms with Gasteiger partial charge in [0.25, 0.3) is 5.91 Å². The van der Waals surface area contributed by atoms with Crippen LogP contribution in [0.15, 0.2) is 79.0 Å². The van der Waals surface area contributed by atoms with E-state index in [1.807, 2.05) is 54.6 Å². The number of nitrogens with zero attached hydrogens (tertiary/aromatic N) is 2. The van der Waals surface area contributed by atoms with Gasteiger partial charge >= 0.3 is 0 Å². The van der Waals surface area contributed by atoms with Gasteiger partial charge in [0.15, 0.2) is 0 Å². The van der Waals surface area contributed by atoms with Crippen LogP contribution in [0.1, 0.15) is 29.3 Å². The van der Waals surface area contributed by atoms with E-state index in [-0.39, 0.29) is 11.8 Å². The van der Waals surface area contributed by atoms with E-state index in [0.29, 0.717) is 48.4 Å². The second-order valence-electron chi connectivity index (χ2n) is 9.10. The van der Waals surface area contributed by atoms with Crippen LogP contribution in [0.25, 0.3) is 11.3 Å². The molecular formula is C29H29N5O3. The van der Waals surface area contributed by atoms with Crippen LogP contribution in [0.4, 0.5) is 17.3 Å². The van der Waals surface area contributed by atoms with Gasteiger partial charge in [-0.2, -0.15) is 0 Å². The van der Waals surface area contributed by atoms with Crippen LogP contribution in [-0.4, -0.2) is 29.0 Å². The number of nitrogen functional groups attached to an aromatic ring is 1. The highest BCUT2D eigenvalue weighted by atomic mass is 16.5. The molecule has 0 saturated carbocycles. The Labute approximate surface area is 215 Å². The molecule has 1 amide bonds. The van der Waals surface area contributed by atoms with Gasteiger partial charge in [0.2, 0.25) is 5.95 Å². The Balaban J connectivity index is 1.48. The topological polar surface area (TPSA) is 111 Å². The van der Waals surface area contributed by atoms with Gasteiger partial charge < -0.3 is 25.8 Å². The Morgan fingerprint density at radius 1 is 1.05 bits per heavy atom. The van der Waals surface area contributed by atoms with Gasteiger partial charge in [-0.25, -0.2) is 9.97 Å². The first-order valence-electron chi connectivity index (χ1n) is 12.3. The van der Waals surface area contributed by atoms with E-state index in [1.54, 1.807) is 24.4 Å². The van der Waals surface area contributed by atoms with Crippen molar-refractivity contribution in [1.82, 2.24) is 15.3 Å². The lowest BCUT2D eigenvalue weighted by Crippen LogP contribution is -2.26. The highest BCUT2D eigenvalue weighted by Crippen LogP contribution is 2.31. The Morgan fingerprint density at radius 2 is 1.92 bits per heavy atom. The minimum Gasteiger partial charge on any atom is -0.457 e. The van der Waals surface area contributed by atoms with Crippen molar-refractivity contribution < 1.29 is 14.3 Å². The molecule has 3 heterocycles. The summed E-state index contributed by atoms with van der Waals surface area (Å²) in [6.45, 7) is 3.56. The van der Waals surface area contributed by atoms with Crippen LogP contribution in [0, 0.1) is 5.92 Å². The Kier molecular flexibility index (Phi) is 7.28. The monoisotopic (exact) mass is 495 g/mol. The van der Waals surface area contributed by atoms with E-state index in [0.717, 1.165) is 29.0 Å². The first kappa shape index (κ1) is 24.3. The predicted molar refractivity (Wildman–Crippen MR) is 144 cm³/mol. The minimum atomic E-state index is -0.159. The van der Waals surface area contributed by atoms with Crippen molar-refractivity contribution in [1.29, 1.82) is 0 Å². The van der Waals surface area contributed by atoms with E-state index in [1.165, 1.54) is 0 Å². The number of para-hydroxylation sites is 1. The number of hydrogen-bond acceptors (Lipinski definition) is 7. The molecule has 0 radical (unpaired) electrons. The predicted octanol–water partition coefficient (Wildman–Crippen LogP) is 5.55. The SMILES string of the molecule is CC1CCNC(=O)c2ccc(c(N)c2)-c2ccnc(n2)Nc2ccc(Oc3ccccc3)c(c2)COC1. The summed E-state index contributed by atoms with van der Waals surface area (Å²) in [4.78, 5) is 21.7. The molecule has 1 unspecified atom stereocenters. The summed E-state index contributed by atoms with van der Waals surface area (Å²) < 4.78 is 12.2. The lowest BCUT2D eigenvalue weighted by molar-refractivity contribution is 0.0858. The molecule has 4 N–H and O–H groups in total. The van der Waals surface area contributed by atoms with Crippen LogP contribution in [0.3, 0.4) is 0 Å². The molecule has 1 atom stereocenters. The lowest BCUT2D eigenvalue weighted by atomic mass is 10.1. The van der Waals surface area contributed by atoms with E-state index < -0.39 is 0 Å². The third-order valence-electron chi connectivity index (χ3n) is 6.12. The van der Waals surface area contributed by atoms with Crippen molar-refractivity contribution in [2.75, 3.05) is 24.2 Å². The number of amides is 1. The van der Waals surface area contributed by atoms with Gasteiger partial charge in [0.1, 0.15) is 11.5 Å². The highest BCUT2D eigenvalue weighted by molar-refractivity contribution is 5.96. The molecule has 2 aliphatic rings. The molecule has 6 rings (SSSR count). The fraction of sp³-hybridized carbons (Fsp3) is 0.207. The Hall–Kier alpha value is -4.43. The molecule has 6 bridgehead atoms. The van der Waals surface area contributed by atoms with Crippen molar-refractivity contribution in [2.45, 2.75) is 20.0 Å². The summed E-state index contributed by atoms with van der Waals surface area (Å²) in [5, 5.41) is 6.25. The Morgan fingerprint density at radius 3 is 2.76 bits per heavy atom.